The van der Waals surface area contributed by atoms with Crippen LogP contribution in [0.5, 0.6) is 11.5 Å². The highest BCUT2D eigenvalue weighted by molar-refractivity contribution is 7.63. The first-order chi connectivity index (χ1) is 7.99. The van der Waals surface area contributed by atoms with Crippen molar-refractivity contribution in [2.75, 3.05) is 27.0 Å². The fraction of sp³-hybridized carbons (Fsp3) is 0.538. The van der Waals surface area contributed by atoms with Gasteiger partial charge in [0, 0.05) is 11.8 Å². The number of rotatable bonds is 2. The number of ether oxygens (including phenoxy) is 2. The minimum atomic E-state index is -2.06. The van der Waals surface area contributed by atoms with Crippen molar-refractivity contribution in [1.82, 2.24) is 0 Å². The molecule has 0 saturated heterocycles. The van der Waals surface area contributed by atoms with Gasteiger partial charge in [-0.1, -0.05) is 6.92 Å². The van der Waals surface area contributed by atoms with Crippen LogP contribution in [0.3, 0.4) is 0 Å². The van der Waals surface area contributed by atoms with Gasteiger partial charge in [0.15, 0.2) is 11.5 Å². The van der Waals surface area contributed by atoms with Crippen molar-refractivity contribution in [3.63, 3.8) is 0 Å². The molecule has 1 aromatic rings. The van der Waals surface area contributed by atoms with E-state index in [0.29, 0.717) is 0 Å². The molecule has 3 nitrogen and oxygen atoms in total. The van der Waals surface area contributed by atoms with Crippen LogP contribution in [0.15, 0.2) is 12.1 Å². The van der Waals surface area contributed by atoms with E-state index in [1.807, 2.05) is 25.7 Å². The van der Waals surface area contributed by atoms with Gasteiger partial charge in [0.1, 0.15) is 0 Å². The maximum absolute atomic E-state index is 12.4. The van der Waals surface area contributed by atoms with Crippen LogP contribution in [0.4, 0.5) is 0 Å². The van der Waals surface area contributed by atoms with Gasteiger partial charge >= 0.3 is 0 Å². The Balaban J connectivity index is 2.54. The Morgan fingerprint density at radius 2 is 1.82 bits per heavy atom. The Hall–Kier alpha value is -0.950. The topological polar surface area (TPSA) is 35.5 Å². The molecule has 1 heterocycles. The molecule has 2 atom stereocenters. The maximum Gasteiger partial charge on any atom is 0.161 e. The van der Waals surface area contributed by atoms with Gasteiger partial charge in [-0.2, -0.15) is 0 Å². The molecule has 0 radical (unpaired) electrons. The van der Waals surface area contributed by atoms with Crippen molar-refractivity contribution in [3.05, 3.63) is 23.3 Å². The van der Waals surface area contributed by atoms with E-state index < -0.39 is 7.14 Å². The third-order valence-electron chi connectivity index (χ3n) is 3.74. The van der Waals surface area contributed by atoms with E-state index in [1.54, 1.807) is 14.2 Å². The lowest BCUT2D eigenvalue weighted by molar-refractivity contribution is 0.354. The van der Waals surface area contributed by atoms with Gasteiger partial charge < -0.3 is 14.0 Å². The summed E-state index contributed by atoms with van der Waals surface area (Å²) in [6, 6.07) is 4.00. The van der Waals surface area contributed by atoms with E-state index in [2.05, 4.69) is 0 Å². The van der Waals surface area contributed by atoms with Gasteiger partial charge in [0.05, 0.1) is 21.4 Å². The summed E-state index contributed by atoms with van der Waals surface area (Å²) in [7, 11) is 1.21. The molecular weight excluding hydrogens is 235 g/mol. The van der Waals surface area contributed by atoms with Gasteiger partial charge in [-0.15, -0.1) is 0 Å². The third-order valence-corrected chi connectivity index (χ3v) is 6.77. The molecule has 17 heavy (non-hydrogen) atoms. The van der Waals surface area contributed by atoms with Crippen LogP contribution in [0, 0.1) is 0 Å². The molecule has 4 heteroatoms. The van der Waals surface area contributed by atoms with Crippen LogP contribution in [0.1, 0.15) is 23.7 Å². The van der Waals surface area contributed by atoms with Gasteiger partial charge in [0.25, 0.3) is 0 Å². The second-order valence-corrected chi connectivity index (χ2v) is 8.30. The van der Waals surface area contributed by atoms with Crippen molar-refractivity contribution >= 4 is 7.14 Å². The highest BCUT2D eigenvalue weighted by Gasteiger charge is 2.32. The van der Waals surface area contributed by atoms with Gasteiger partial charge in [-0.25, -0.2) is 0 Å². The average Bonchev–Trinajstić information content (AvgIpc) is 2.33. The largest absolute Gasteiger partial charge is 0.493 e. The number of methoxy groups -OCH3 is 2. The highest BCUT2D eigenvalue weighted by atomic mass is 31.2. The first kappa shape index (κ1) is 12.5. The molecule has 0 unspecified atom stereocenters. The highest BCUT2D eigenvalue weighted by Crippen LogP contribution is 2.60. The van der Waals surface area contributed by atoms with E-state index in [0.717, 1.165) is 29.6 Å². The summed E-state index contributed by atoms with van der Waals surface area (Å²) in [6.07, 6.45) is 1.66. The molecule has 0 aromatic heterocycles. The predicted molar refractivity (Wildman–Crippen MR) is 70.1 cm³/mol. The SMILES string of the molecule is COc1cc2c(cc1OC)[C@H](C)[P@](C)(=O)CC2. The summed E-state index contributed by atoms with van der Waals surface area (Å²) < 4.78 is 23.0. The number of aryl methyl sites for hydroxylation is 1. The second kappa shape index (κ2) is 4.38. The Bertz CT molecular complexity index is 482. The van der Waals surface area contributed by atoms with Crippen molar-refractivity contribution in [2.24, 2.45) is 0 Å². The Kier molecular flexibility index (Phi) is 3.22. The standard InChI is InChI=1S/C13H19O3P/c1-9-11-8-13(16-3)12(15-2)7-10(11)5-6-17(9,4)14/h7-9H,5-6H2,1-4H3/t9-,17+/m0/s1. The molecule has 1 aromatic carbocycles. The first-order valence-electron chi connectivity index (χ1n) is 5.80. The van der Waals surface area contributed by atoms with Crippen molar-refractivity contribution in [3.8, 4) is 11.5 Å². The maximum atomic E-state index is 12.4. The monoisotopic (exact) mass is 254 g/mol. The average molecular weight is 254 g/mol. The van der Waals surface area contributed by atoms with Crippen molar-refractivity contribution < 1.29 is 14.0 Å². The van der Waals surface area contributed by atoms with Crippen LogP contribution in [0.2, 0.25) is 0 Å². The zero-order valence-electron chi connectivity index (χ0n) is 10.8. The lowest BCUT2D eigenvalue weighted by Crippen LogP contribution is -2.12. The predicted octanol–water partition coefficient (Wildman–Crippen LogP) is 3.31. The number of benzene rings is 1. The summed E-state index contributed by atoms with van der Waals surface area (Å²) in [4.78, 5) is 0. The van der Waals surface area contributed by atoms with Gasteiger partial charge in [-0.3, -0.25) is 0 Å². The molecule has 0 fully saturated rings. The Labute approximate surface area is 102 Å². The molecule has 2 rings (SSSR count). The number of fused-ring (bicyclic) bond motifs is 1. The Morgan fingerprint density at radius 1 is 1.24 bits per heavy atom. The fourth-order valence-corrected chi connectivity index (χ4v) is 4.27. The van der Waals surface area contributed by atoms with E-state index >= 15 is 0 Å². The van der Waals surface area contributed by atoms with E-state index in [4.69, 9.17) is 9.47 Å². The summed E-state index contributed by atoms with van der Waals surface area (Å²) >= 11 is 0. The third kappa shape index (κ3) is 2.09. The van der Waals surface area contributed by atoms with Crippen LogP contribution >= 0.6 is 7.14 Å². The lowest BCUT2D eigenvalue weighted by Gasteiger charge is -2.29. The molecular formula is C13H19O3P. The summed E-state index contributed by atoms with van der Waals surface area (Å²) in [6.45, 7) is 3.95. The molecule has 0 aliphatic carbocycles. The van der Waals surface area contributed by atoms with Crippen molar-refractivity contribution in [1.29, 1.82) is 0 Å². The molecule has 0 spiro atoms. The quantitative estimate of drug-likeness (QED) is 0.759. The zero-order chi connectivity index (χ0) is 12.6. The summed E-state index contributed by atoms with van der Waals surface area (Å²) in [5.74, 6) is 1.48. The molecule has 94 valence electrons. The Morgan fingerprint density at radius 3 is 2.41 bits per heavy atom. The smallest absolute Gasteiger partial charge is 0.161 e. The summed E-state index contributed by atoms with van der Waals surface area (Å²) in [5, 5.41) is 0. The molecule has 0 amide bonds. The molecule has 1 aliphatic heterocycles. The first-order valence-corrected chi connectivity index (χ1v) is 8.21. The zero-order valence-corrected chi connectivity index (χ0v) is 11.7. The van der Waals surface area contributed by atoms with E-state index in [9.17, 15) is 4.57 Å². The normalized spacial score (nSPS) is 27.4. The number of hydrogen-bond donors (Lipinski definition) is 0. The number of hydrogen-bond acceptors (Lipinski definition) is 3. The second-order valence-electron chi connectivity index (χ2n) is 4.73. The van der Waals surface area contributed by atoms with Crippen molar-refractivity contribution in [2.45, 2.75) is 19.0 Å². The van der Waals surface area contributed by atoms with E-state index in [1.165, 1.54) is 5.56 Å². The van der Waals surface area contributed by atoms with Gasteiger partial charge in [0.2, 0.25) is 0 Å². The van der Waals surface area contributed by atoms with Crippen LogP contribution in [-0.2, 0) is 11.0 Å². The van der Waals surface area contributed by atoms with Gasteiger partial charge in [-0.05, 0) is 36.3 Å². The van der Waals surface area contributed by atoms with E-state index in [-0.39, 0.29) is 5.66 Å². The van der Waals surface area contributed by atoms with Crippen LogP contribution in [-0.4, -0.2) is 27.0 Å². The molecule has 1 aliphatic rings. The minimum Gasteiger partial charge on any atom is -0.493 e. The summed E-state index contributed by atoms with van der Waals surface area (Å²) in [5.41, 5.74) is 2.51. The lowest BCUT2D eigenvalue weighted by atomic mass is 10.0. The molecule has 0 N–H and O–H groups in total. The molecule has 0 bridgehead atoms. The van der Waals surface area contributed by atoms with Crippen LogP contribution in [0.25, 0.3) is 0 Å². The molecule has 0 saturated carbocycles. The minimum absolute atomic E-state index is 0.117. The van der Waals surface area contributed by atoms with Crippen LogP contribution < -0.4 is 9.47 Å². The fourth-order valence-electron chi connectivity index (χ4n) is 2.37.